The zero-order chi connectivity index (χ0) is 21.1. The van der Waals surface area contributed by atoms with Gasteiger partial charge >= 0.3 is 0 Å². The van der Waals surface area contributed by atoms with Crippen molar-refractivity contribution in [2.75, 3.05) is 27.2 Å². The van der Waals surface area contributed by atoms with Crippen LogP contribution in [0.25, 0.3) is 0 Å². The second-order valence-electron chi connectivity index (χ2n) is 8.77. The van der Waals surface area contributed by atoms with Crippen LogP contribution in [-0.4, -0.2) is 59.2 Å². The molecule has 0 aliphatic carbocycles. The molecule has 2 fully saturated rings. The van der Waals surface area contributed by atoms with E-state index in [9.17, 15) is 9.59 Å². The van der Waals surface area contributed by atoms with Crippen molar-refractivity contribution in [3.8, 4) is 0 Å². The summed E-state index contributed by atoms with van der Waals surface area (Å²) in [6.07, 6.45) is 3.98. The third-order valence-electron chi connectivity index (χ3n) is 6.52. The van der Waals surface area contributed by atoms with Crippen LogP contribution in [0.2, 0.25) is 0 Å². The van der Waals surface area contributed by atoms with E-state index in [0.717, 1.165) is 50.9 Å². The molecule has 2 amide bonds. The monoisotopic (exact) mass is 405 g/mol. The molecule has 0 bridgehead atoms. The highest BCUT2D eigenvalue weighted by molar-refractivity contribution is 5.93. The lowest BCUT2D eigenvalue weighted by Crippen LogP contribution is -2.59. The van der Waals surface area contributed by atoms with Crippen LogP contribution in [0.15, 0.2) is 54.6 Å². The predicted molar refractivity (Wildman–Crippen MR) is 118 cm³/mol. The van der Waals surface area contributed by atoms with E-state index in [1.54, 1.807) is 19.0 Å². The van der Waals surface area contributed by atoms with Gasteiger partial charge in [0.1, 0.15) is 5.54 Å². The predicted octanol–water partition coefficient (Wildman–Crippen LogP) is 3.55. The third-order valence-corrected chi connectivity index (χ3v) is 6.52. The summed E-state index contributed by atoms with van der Waals surface area (Å²) in [4.78, 5) is 31.8. The highest BCUT2D eigenvalue weighted by atomic mass is 16.2. The van der Waals surface area contributed by atoms with Crippen molar-refractivity contribution in [2.45, 2.75) is 44.3 Å². The van der Waals surface area contributed by atoms with E-state index in [1.165, 1.54) is 5.56 Å². The molecule has 2 saturated heterocycles. The Labute approximate surface area is 179 Å². The molecule has 0 radical (unpaired) electrons. The van der Waals surface area contributed by atoms with E-state index < -0.39 is 0 Å². The third kappa shape index (κ3) is 3.99. The van der Waals surface area contributed by atoms with Crippen molar-refractivity contribution in [3.05, 3.63) is 71.3 Å². The van der Waals surface area contributed by atoms with Gasteiger partial charge in [0.25, 0.3) is 5.91 Å². The minimum absolute atomic E-state index is 0.0122. The molecule has 0 aromatic heterocycles. The van der Waals surface area contributed by atoms with Crippen molar-refractivity contribution in [2.24, 2.45) is 0 Å². The fourth-order valence-corrected chi connectivity index (χ4v) is 4.94. The maximum atomic E-state index is 13.6. The van der Waals surface area contributed by atoms with Crippen LogP contribution >= 0.6 is 0 Å². The van der Waals surface area contributed by atoms with Gasteiger partial charge in [0.15, 0.2) is 0 Å². The second kappa shape index (κ2) is 8.60. The normalized spacial score (nSPS) is 21.9. The maximum absolute atomic E-state index is 13.6. The summed E-state index contributed by atoms with van der Waals surface area (Å²) < 4.78 is 0. The van der Waals surface area contributed by atoms with Gasteiger partial charge < -0.3 is 9.80 Å². The Morgan fingerprint density at radius 3 is 2.20 bits per heavy atom. The Morgan fingerprint density at radius 2 is 1.53 bits per heavy atom. The van der Waals surface area contributed by atoms with Crippen LogP contribution in [0.4, 0.5) is 0 Å². The zero-order valence-corrected chi connectivity index (χ0v) is 18.0. The smallest absolute Gasteiger partial charge is 0.253 e. The Balaban J connectivity index is 1.49. The fraction of sp³-hybridized carbons (Fsp3) is 0.440. The van der Waals surface area contributed by atoms with Crippen molar-refractivity contribution in [3.63, 3.8) is 0 Å². The molecule has 0 saturated carbocycles. The summed E-state index contributed by atoms with van der Waals surface area (Å²) in [5.74, 6) is 0.299. The first-order valence-corrected chi connectivity index (χ1v) is 10.9. The molecule has 5 heteroatoms. The molecule has 5 nitrogen and oxygen atoms in total. The number of carbonyl (C=O) groups is 2. The van der Waals surface area contributed by atoms with E-state index in [1.807, 2.05) is 42.5 Å². The Morgan fingerprint density at radius 1 is 0.900 bits per heavy atom. The van der Waals surface area contributed by atoms with Gasteiger partial charge in [0.05, 0.1) is 0 Å². The first-order chi connectivity index (χ1) is 14.5. The van der Waals surface area contributed by atoms with Crippen LogP contribution in [0.5, 0.6) is 0 Å². The van der Waals surface area contributed by atoms with Gasteiger partial charge in [0, 0.05) is 39.3 Å². The Kier molecular flexibility index (Phi) is 5.91. The number of piperidine rings is 1. The molecule has 2 aliphatic rings. The van der Waals surface area contributed by atoms with E-state index in [0.29, 0.717) is 12.1 Å². The molecule has 1 atom stereocenters. The number of carbonyl (C=O) groups excluding carboxylic acids is 2. The number of hydrogen-bond donors (Lipinski definition) is 0. The Bertz CT molecular complexity index is 894. The zero-order valence-electron chi connectivity index (χ0n) is 18.0. The van der Waals surface area contributed by atoms with Crippen LogP contribution in [0.3, 0.4) is 0 Å². The lowest BCUT2D eigenvalue weighted by Gasteiger charge is -2.44. The van der Waals surface area contributed by atoms with Crippen LogP contribution in [0.1, 0.15) is 47.2 Å². The molecule has 2 aromatic rings. The minimum Gasteiger partial charge on any atom is -0.345 e. The van der Waals surface area contributed by atoms with E-state index in [4.69, 9.17) is 0 Å². The molecular weight excluding hydrogens is 374 g/mol. The van der Waals surface area contributed by atoms with Crippen molar-refractivity contribution in [1.82, 2.24) is 14.7 Å². The molecule has 2 heterocycles. The van der Waals surface area contributed by atoms with Gasteiger partial charge in [-0.05, 0) is 55.5 Å². The van der Waals surface area contributed by atoms with E-state index >= 15 is 0 Å². The summed E-state index contributed by atoms with van der Waals surface area (Å²) in [5.41, 5.74) is 2.67. The summed E-state index contributed by atoms with van der Waals surface area (Å²) in [6.45, 7) is 3.23. The van der Waals surface area contributed by atoms with E-state index in [2.05, 4.69) is 21.9 Å². The summed E-state index contributed by atoms with van der Waals surface area (Å²) >= 11 is 0. The molecule has 4 rings (SSSR count). The lowest BCUT2D eigenvalue weighted by molar-refractivity contribution is -0.148. The van der Waals surface area contributed by atoms with Gasteiger partial charge in [-0.25, -0.2) is 0 Å². The van der Waals surface area contributed by atoms with Gasteiger partial charge in [-0.1, -0.05) is 42.5 Å². The molecular formula is C25H31N3O2. The maximum Gasteiger partial charge on any atom is 0.253 e. The van der Waals surface area contributed by atoms with Gasteiger partial charge in [-0.3, -0.25) is 14.5 Å². The molecule has 1 spiro atoms. The first-order valence-electron chi connectivity index (χ1n) is 10.9. The number of likely N-dealkylation sites (tertiary alicyclic amines) is 2. The number of benzene rings is 2. The molecule has 30 heavy (non-hydrogen) atoms. The first kappa shape index (κ1) is 20.6. The molecule has 0 N–H and O–H groups in total. The van der Waals surface area contributed by atoms with Crippen LogP contribution in [0, 0.1) is 0 Å². The standard InChI is InChI=1S/C25H31N3O2/c1-26(2)23(29)22-12-10-21(11-13-22)19-28-17-7-15-25(28)14-6-16-27(24(25)30)18-20-8-4-3-5-9-20/h3-5,8-13H,6-7,14-19H2,1-2H3. The number of hydrogen-bond acceptors (Lipinski definition) is 3. The number of rotatable bonds is 5. The van der Waals surface area contributed by atoms with Gasteiger partial charge in [-0.15, -0.1) is 0 Å². The van der Waals surface area contributed by atoms with Gasteiger partial charge in [-0.2, -0.15) is 0 Å². The lowest BCUT2D eigenvalue weighted by atomic mass is 9.85. The second-order valence-corrected chi connectivity index (χ2v) is 8.77. The average Bonchev–Trinajstić information content (AvgIpc) is 3.15. The largest absolute Gasteiger partial charge is 0.345 e. The molecule has 158 valence electrons. The number of nitrogens with zero attached hydrogens (tertiary/aromatic N) is 3. The summed E-state index contributed by atoms with van der Waals surface area (Å²) in [7, 11) is 3.53. The molecule has 1 unspecified atom stereocenters. The summed E-state index contributed by atoms with van der Waals surface area (Å²) in [5, 5.41) is 0. The van der Waals surface area contributed by atoms with E-state index in [-0.39, 0.29) is 17.4 Å². The average molecular weight is 406 g/mol. The quantitative estimate of drug-likeness (QED) is 0.764. The SMILES string of the molecule is CN(C)C(=O)c1ccc(CN2CCCC23CCCN(Cc2ccccc2)C3=O)cc1. The highest BCUT2D eigenvalue weighted by Crippen LogP contribution is 2.39. The van der Waals surface area contributed by atoms with Crippen LogP contribution in [-0.2, 0) is 17.9 Å². The highest BCUT2D eigenvalue weighted by Gasteiger charge is 2.50. The summed E-state index contributed by atoms with van der Waals surface area (Å²) in [6, 6.07) is 18.1. The fourth-order valence-electron chi connectivity index (χ4n) is 4.94. The Hall–Kier alpha value is -2.66. The van der Waals surface area contributed by atoms with Crippen LogP contribution < -0.4 is 0 Å². The molecule has 2 aromatic carbocycles. The van der Waals surface area contributed by atoms with Crippen molar-refractivity contribution >= 4 is 11.8 Å². The van der Waals surface area contributed by atoms with Crippen molar-refractivity contribution in [1.29, 1.82) is 0 Å². The van der Waals surface area contributed by atoms with Gasteiger partial charge in [0.2, 0.25) is 5.91 Å². The molecule has 2 aliphatic heterocycles. The minimum atomic E-state index is -0.370. The number of amides is 2. The topological polar surface area (TPSA) is 43.9 Å². The van der Waals surface area contributed by atoms with Crippen molar-refractivity contribution < 1.29 is 9.59 Å².